The minimum Gasteiger partial charge on any atom is -0.463 e. The van der Waals surface area contributed by atoms with E-state index in [1.165, 1.54) is 41.5 Å². The summed E-state index contributed by atoms with van der Waals surface area (Å²) in [6.07, 6.45) is -1.05. The van der Waals surface area contributed by atoms with Gasteiger partial charge in [-0.2, -0.15) is 0 Å². The van der Waals surface area contributed by atoms with Crippen molar-refractivity contribution in [2.45, 2.75) is 246 Å². The highest BCUT2D eigenvalue weighted by atomic mass is 16.7. The van der Waals surface area contributed by atoms with Gasteiger partial charge in [0.05, 0.1) is 36.6 Å². The van der Waals surface area contributed by atoms with Gasteiger partial charge in [-0.3, -0.25) is 9.59 Å². The Morgan fingerprint density at radius 1 is 0.603 bits per heavy atom. The highest BCUT2D eigenvalue weighted by Gasteiger charge is 2.34. The molecule has 0 aliphatic carbocycles. The molecule has 0 spiro atoms. The first-order valence-electron chi connectivity index (χ1n) is 22.2. The lowest BCUT2D eigenvalue weighted by Crippen LogP contribution is -2.40. The van der Waals surface area contributed by atoms with Crippen molar-refractivity contribution in [1.82, 2.24) is 0 Å². The Morgan fingerprint density at radius 2 is 1.02 bits per heavy atom. The average molecular weight is 909 g/mol. The van der Waals surface area contributed by atoms with E-state index in [0.29, 0.717) is 25.7 Å². The summed E-state index contributed by atoms with van der Waals surface area (Å²) >= 11 is 0. The van der Waals surface area contributed by atoms with Gasteiger partial charge < -0.3 is 62.7 Å². The Labute approximate surface area is 372 Å². The van der Waals surface area contributed by atoms with Gasteiger partial charge in [-0.1, -0.05) is 26.7 Å². The second kappa shape index (κ2) is 29.9. The molecule has 0 radical (unpaired) electrons. The number of carbonyl (C=O) groups is 6. The predicted molar refractivity (Wildman–Crippen MR) is 223 cm³/mol. The van der Waals surface area contributed by atoms with Crippen LogP contribution < -0.4 is 0 Å². The standard InChI is InChI=1S/C23H40O10.C15H28O5.C6H8O4/c1-7-8-21-30-14(3)10-19(32-21)11-18(26)12-20(9-13(2)29-17(6)25)33-23(28)16(5)31-22(27)15(4)24;1-5-6-15-19-11(3)8-14(20-15)9-13(17)7-10(2)18-12(4)16;1-3-5(7)10-4(2)6(8)9-3/h13-16,18-21,24,26H,7-12H2,1-6H3;10-11,13-15,17H,5-9H2,1-4H3;3-4H,1-2H3. The highest BCUT2D eigenvalue weighted by Crippen LogP contribution is 2.27. The molecular formula is C44H76O19. The summed E-state index contributed by atoms with van der Waals surface area (Å²) in [5.74, 6) is -3.52. The molecule has 3 heterocycles. The summed E-state index contributed by atoms with van der Waals surface area (Å²) in [5.41, 5.74) is 0. The fraction of sp³-hybridized carbons (Fsp3) is 0.864. The van der Waals surface area contributed by atoms with E-state index in [1.54, 1.807) is 13.8 Å². The summed E-state index contributed by atoms with van der Waals surface area (Å²) in [4.78, 5) is 67.4. The van der Waals surface area contributed by atoms with Crippen LogP contribution >= 0.6 is 0 Å². The number of esters is 6. The predicted octanol–water partition coefficient (Wildman–Crippen LogP) is 4.28. The molecule has 19 heteroatoms. The molecule has 3 aliphatic rings. The van der Waals surface area contributed by atoms with Gasteiger partial charge in [-0.25, -0.2) is 19.2 Å². The molecular weight excluding hydrogens is 832 g/mol. The molecule has 3 saturated heterocycles. The van der Waals surface area contributed by atoms with Crippen LogP contribution in [0.15, 0.2) is 0 Å². The molecule has 3 N–H and O–H groups in total. The first-order valence-corrected chi connectivity index (χ1v) is 22.2. The van der Waals surface area contributed by atoms with E-state index < -0.39 is 78.7 Å². The van der Waals surface area contributed by atoms with Crippen LogP contribution in [0.1, 0.15) is 154 Å². The molecule has 3 fully saturated rings. The van der Waals surface area contributed by atoms with Gasteiger partial charge in [-0.05, 0) is 93.9 Å². The fourth-order valence-electron chi connectivity index (χ4n) is 6.95. The molecule has 0 amide bonds. The van der Waals surface area contributed by atoms with E-state index in [9.17, 15) is 44.1 Å². The molecule has 63 heavy (non-hydrogen) atoms. The summed E-state index contributed by atoms with van der Waals surface area (Å²) in [6, 6.07) is 0. The number of aliphatic hydroxyl groups excluding tert-OH is 3. The molecule has 3 aliphatic heterocycles. The van der Waals surface area contributed by atoms with Crippen LogP contribution in [0.5, 0.6) is 0 Å². The van der Waals surface area contributed by atoms with Gasteiger partial charge in [0.1, 0.15) is 24.4 Å². The third-order valence-electron chi connectivity index (χ3n) is 9.73. The van der Waals surface area contributed by atoms with Crippen LogP contribution in [0.25, 0.3) is 0 Å². The molecule has 15 atom stereocenters. The molecule has 0 aromatic heterocycles. The van der Waals surface area contributed by atoms with E-state index in [1.807, 2.05) is 20.8 Å². The van der Waals surface area contributed by atoms with Crippen molar-refractivity contribution in [2.75, 3.05) is 0 Å². The Bertz CT molecular complexity index is 1370. The van der Waals surface area contributed by atoms with Crippen molar-refractivity contribution < 1.29 is 91.5 Å². The fourth-order valence-corrected chi connectivity index (χ4v) is 6.95. The zero-order chi connectivity index (χ0) is 48.0. The first-order chi connectivity index (χ1) is 29.4. The second-order valence-corrected chi connectivity index (χ2v) is 16.6. The zero-order valence-electron chi connectivity index (χ0n) is 39.3. The molecule has 3 rings (SSSR count). The maximum Gasteiger partial charge on any atom is 0.347 e. The Balaban J connectivity index is 0.000000552. The average Bonchev–Trinajstić information content (AvgIpc) is 3.13. The van der Waals surface area contributed by atoms with Crippen molar-refractivity contribution in [3.05, 3.63) is 0 Å². The molecule has 366 valence electrons. The van der Waals surface area contributed by atoms with E-state index in [0.717, 1.165) is 32.1 Å². The molecule has 0 aromatic carbocycles. The number of ether oxygens (including phenoxy) is 10. The smallest absolute Gasteiger partial charge is 0.347 e. The maximum atomic E-state index is 12.4. The zero-order valence-corrected chi connectivity index (χ0v) is 39.3. The van der Waals surface area contributed by atoms with Crippen LogP contribution in [-0.2, 0) is 76.1 Å². The third kappa shape index (κ3) is 25.0. The minimum absolute atomic E-state index is 0.00886. The SMILES string of the molecule is CC1OC(=O)C(C)OC1=O.CCCC1OC(C)CC(CC(O)CC(C)OC(C)=O)O1.CCCC1OC(C)CC(CC(O)CC(CC(C)OC(C)=O)OC(=O)C(C)OC(=O)C(C)O)O1. The number of hydrogen-bond acceptors (Lipinski definition) is 19. The largest absolute Gasteiger partial charge is 0.463 e. The van der Waals surface area contributed by atoms with Crippen molar-refractivity contribution in [2.24, 2.45) is 0 Å². The van der Waals surface area contributed by atoms with Crippen LogP contribution in [0.4, 0.5) is 0 Å². The van der Waals surface area contributed by atoms with Gasteiger partial charge >= 0.3 is 35.8 Å². The number of cyclic esters (lactones) is 2. The maximum absolute atomic E-state index is 12.4. The first kappa shape index (κ1) is 57.6. The van der Waals surface area contributed by atoms with E-state index in [4.69, 9.17) is 37.9 Å². The van der Waals surface area contributed by atoms with E-state index >= 15 is 0 Å². The van der Waals surface area contributed by atoms with Crippen molar-refractivity contribution >= 4 is 35.8 Å². The normalized spacial score (nSPS) is 27.9. The Morgan fingerprint density at radius 3 is 1.41 bits per heavy atom. The Hall–Kier alpha value is -3.46. The van der Waals surface area contributed by atoms with Crippen molar-refractivity contribution in [3.8, 4) is 0 Å². The van der Waals surface area contributed by atoms with Crippen LogP contribution in [0.3, 0.4) is 0 Å². The van der Waals surface area contributed by atoms with Crippen molar-refractivity contribution in [1.29, 1.82) is 0 Å². The number of rotatable bonds is 20. The molecule has 0 bridgehead atoms. The van der Waals surface area contributed by atoms with Crippen LogP contribution in [0.2, 0.25) is 0 Å². The number of carbonyl (C=O) groups excluding carboxylic acids is 6. The minimum atomic E-state index is -1.37. The summed E-state index contributed by atoms with van der Waals surface area (Å²) in [5, 5.41) is 30.0. The molecule has 15 unspecified atom stereocenters. The van der Waals surface area contributed by atoms with Crippen molar-refractivity contribution in [3.63, 3.8) is 0 Å². The third-order valence-corrected chi connectivity index (χ3v) is 9.73. The molecule has 0 saturated carbocycles. The second-order valence-electron chi connectivity index (χ2n) is 16.6. The summed E-state index contributed by atoms with van der Waals surface area (Å²) < 4.78 is 52.9. The highest BCUT2D eigenvalue weighted by molar-refractivity contribution is 5.86. The quantitative estimate of drug-likeness (QED) is 0.114. The Kier molecular flexibility index (Phi) is 27.3. The van der Waals surface area contributed by atoms with Gasteiger partial charge in [0, 0.05) is 33.1 Å². The molecule has 0 aromatic rings. The number of aliphatic hydroxyl groups is 3. The lowest BCUT2D eigenvalue weighted by molar-refractivity contribution is -0.245. The lowest BCUT2D eigenvalue weighted by atomic mass is 9.98. The van der Waals surface area contributed by atoms with E-state index in [2.05, 4.69) is 16.4 Å². The van der Waals surface area contributed by atoms with Crippen LogP contribution in [0, 0.1) is 0 Å². The van der Waals surface area contributed by atoms with Gasteiger partial charge in [-0.15, -0.1) is 0 Å². The van der Waals surface area contributed by atoms with Gasteiger partial charge in [0.2, 0.25) is 0 Å². The van der Waals surface area contributed by atoms with E-state index in [-0.39, 0.29) is 61.9 Å². The molecule has 19 nitrogen and oxygen atoms in total. The lowest BCUT2D eigenvalue weighted by Gasteiger charge is -2.35. The topological polar surface area (TPSA) is 255 Å². The van der Waals surface area contributed by atoms with Gasteiger partial charge in [0.15, 0.2) is 30.9 Å². The summed E-state index contributed by atoms with van der Waals surface area (Å²) in [7, 11) is 0. The number of hydrogen-bond donors (Lipinski definition) is 3. The monoisotopic (exact) mass is 908 g/mol. The van der Waals surface area contributed by atoms with Crippen LogP contribution in [-0.4, -0.2) is 143 Å². The summed E-state index contributed by atoms with van der Waals surface area (Å²) in [6.45, 7) is 19.7. The van der Waals surface area contributed by atoms with Gasteiger partial charge in [0.25, 0.3) is 0 Å².